The van der Waals surface area contributed by atoms with Gasteiger partial charge in [-0.05, 0) is 17.7 Å². The van der Waals surface area contributed by atoms with Gasteiger partial charge in [0.05, 0.1) is 0 Å². The van der Waals surface area contributed by atoms with E-state index in [-0.39, 0.29) is 5.56 Å². The summed E-state index contributed by atoms with van der Waals surface area (Å²) in [5.41, 5.74) is -0.0612. The molecule has 0 saturated carbocycles. The molecule has 1 aromatic rings. The van der Waals surface area contributed by atoms with Crippen molar-refractivity contribution in [3.05, 3.63) is 41.5 Å². The summed E-state index contributed by atoms with van der Waals surface area (Å²) in [6.07, 6.45) is -1.48. The highest BCUT2D eigenvalue weighted by Crippen LogP contribution is 2.12. The average Bonchev–Trinajstić information content (AvgIpc) is 1.96. The maximum absolute atomic E-state index is 12.4. The summed E-state index contributed by atoms with van der Waals surface area (Å²) in [7, 11) is 0. The molecule has 0 aromatic heterocycles. The molecular weight excluding hydrogens is 172 g/mol. The third kappa shape index (κ3) is 2.08. The van der Waals surface area contributed by atoms with Crippen molar-refractivity contribution in [1.29, 1.82) is 0 Å². The summed E-state index contributed by atoms with van der Waals surface area (Å²) in [6.45, 7) is 0. The van der Waals surface area contributed by atoms with Gasteiger partial charge in [-0.25, -0.2) is 8.78 Å². The van der Waals surface area contributed by atoms with Crippen LogP contribution in [0.5, 0.6) is 0 Å². The number of benzene rings is 1. The zero-order chi connectivity index (χ0) is 9.14. The van der Waals surface area contributed by atoms with E-state index in [0.29, 0.717) is 12.1 Å². The second-order valence-corrected chi connectivity index (χ2v) is 2.11. The molecule has 1 aromatic carbocycles. The molecular formula is C8H4F4. The van der Waals surface area contributed by atoms with Gasteiger partial charge in [0.15, 0.2) is 11.6 Å². The SMILES string of the molecule is FC(F)=Cc1ccc(F)c(F)c1. The van der Waals surface area contributed by atoms with Crippen LogP contribution in [-0.4, -0.2) is 0 Å². The first kappa shape index (κ1) is 8.77. The molecule has 0 saturated heterocycles. The Morgan fingerprint density at radius 3 is 2.25 bits per heavy atom. The van der Waals surface area contributed by atoms with Crippen LogP contribution in [0.1, 0.15) is 5.56 Å². The third-order valence-corrected chi connectivity index (χ3v) is 1.22. The molecule has 0 fully saturated rings. The lowest BCUT2D eigenvalue weighted by molar-refractivity contribution is 0.429. The van der Waals surface area contributed by atoms with Gasteiger partial charge in [0, 0.05) is 6.08 Å². The van der Waals surface area contributed by atoms with E-state index in [9.17, 15) is 17.6 Å². The molecule has 0 aliphatic heterocycles. The van der Waals surface area contributed by atoms with Crippen LogP contribution in [0.25, 0.3) is 6.08 Å². The molecule has 0 aliphatic carbocycles. The summed E-state index contributed by atoms with van der Waals surface area (Å²) in [4.78, 5) is 0. The molecule has 0 spiro atoms. The highest BCUT2D eigenvalue weighted by Gasteiger charge is 2.01. The van der Waals surface area contributed by atoms with Crippen LogP contribution in [0.2, 0.25) is 0 Å². The first-order chi connectivity index (χ1) is 5.59. The fourth-order valence-corrected chi connectivity index (χ4v) is 0.728. The average molecular weight is 176 g/mol. The fraction of sp³-hybridized carbons (Fsp3) is 0. The zero-order valence-electron chi connectivity index (χ0n) is 5.82. The first-order valence-electron chi connectivity index (χ1n) is 3.07. The van der Waals surface area contributed by atoms with E-state index in [2.05, 4.69) is 0 Å². The van der Waals surface area contributed by atoms with Crippen molar-refractivity contribution in [2.75, 3.05) is 0 Å². The van der Waals surface area contributed by atoms with Crippen molar-refractivity contribution >= 4 is 6.08 Å². The molecule has 0 amide bonds. The van der Waals surface area contributed by atoms with E-state index >= 15 is 0 Å². The van der Waals surface area contributed by atoms with Crippen LogP contribution in [-0.2, 0) is 0 Å². The largest absolute Gasteiger partial charge is 0.270 e. The molecule has 0 radical (unpaired) electrons. The molecule has 1 rings (SSSR count). The van der Waals surface area contributed by atoms with E-state index in [1.54, 1.807) is 0 Å². The van der Waals surface area contributed by atoms with E-state index in [4.69, 9.17) is 0 Å². The van der Waals surface area contributed by atoms with Gasteiger partial charge >= 0.3 is 0 Å². The topological polar surface area (TPSA) is 0 Å². The van der Waals surface area contributed by atoms with Gasteiger partial charge in [0.2, 0.25) is 0 Å². The summed E-state index contributed by atoms with van der Waals surface area (Å²) in [5.74, 6) is -2.18. The van der Waals surface area contributed by atoms with Gasteiger partial charge in [-0.1, -0.05) is 6.07 Å². The summed E-state index contributed by atoms with van der Waals surface area (Å²) in [6, 6.07) is 2.57. The fourth-order valence-electron chi connectivity index (χ4n) is 0.728. The number of hydrogen-bond donors (Lipinski definition) is 0. The van der Waals surface area contributed by atoms with Gasteiger partial charge in [-0.2, -0.15) is 8.78 Å². The highest BCUT2D eigenvalue weighted by atomic mass is 19.3. The molecule has 0 nitrogen and oxygen atoms in total. The maximum Gasteiger partial charge on any atom is 0.270 e. The van der Waals surface area contributed by atoms with Crippen LogP contribution in [0.3, 0.4) is 0 Å². The molecule has 0 aliphatic rings. The highest BCUT2D eigenvalue weighted by molar-refractivity contribution is 5.49. The Hall–Kier alpha value is -1.32. The van der Waals surface area contributed by atoms with Gasteiger partial charge in [0.1, 0.15) is 0 Å². The molecule has 4 heteroatoms. The van der Waals surface area contributed by atoms with Crippen LogP contribution in [0.15, 0.2) is 24.3 Å². The minimum atomic E-state index is -1.94. The predicted molar refractivity (Wildman–Crippen MR) is 36.6 cm³/mol. The lowest BCUT2D eigenvalue weighted by atomic mass is 10.2. The Kier molecular flexibility index (Phi) is 2.47. The predicted octanol–water partition coefficient (Wildman–Crippen LogP) is 3.20. The Bertz CT molecular complexity index is 313. The van der Waals surface area contributed by atoms with Gasteiger partial charge in [-0.15, -0.1) is 0 Å². The van der Waals surface area contributed by atoms with E-state index < -0.39 is 17.7 Å². The standard InChI is InChI=1S/C8H4F4/c9-6-2-1-5(3-7(6)10)4-8(11)12/h1-4H. The molecule has 0 bridgehead atoms. The lowest BCUT2D eigenvalue weighted by Gasteiger charge is -1.93. The first-order valence-corrected chi connectivity index (χ1v) is 3.07. The van der Waals surface area contributed by atoms with Gasteiger partial charge < -0.3 is 0 Å². The molecule has 64 valence electrons. The van der Waals surface area contributed by atoms with Crippen LogP contribution in [0, 0.1) is 11.6 Å². The molecule has 0 N–H and O–H groups in total. The van der Waals surface area contributed by atoms with Crippen molar-refractivity contribution in [1.82, 2.24) is 0 Å². The second kappa shape index (κ2) is 3.38. The molecule has 0 heterocycles. The third-order valence-electron chi connectivity index (χ3n) is 1.22. The molecule has 0 atom stereocenters. The molecule has 0 unspecified atom stereocenters. The van der Waals surface area contributed by atoms with Crippen molar-refractivity contribution < 1.29 is 17.6 Å². The minimum absolute atomic E-state index is 0.0612. The van der Waals surface area contributed by atoms with Gasteiger partial charge in [0.25, 0.3) is 6.08 Å². The zero-order valence-corrected chi connectivity index (χ0v) is 5.82. The smallest absolute Gasteiger partial charge is 0.204 e. The Morgan fingerprint density at radius 1 is 1.08 bits per heavy atom. The Labute approximate surface area is 66.1 Å². The minimum Gasteiger partial charge on any atom is -0.204 e. The summed E-state index contributed by atoms with van der Waals surface area (Å²) >= 11 is 0. The van der Waals surface area contributed by atoms with Gasteiger partial charge in [-0.3, -0.25) is 0 Å². The summed E-state index contributed by atoms with van der Waals surface area (Å²) in [5, 5.41) is 0. The number of hydrogen-bond acceptors (Lipinski definition) is 0. The Morgan fingerprint density at radius 2 is 1.75 bits per heavy atom. The lowest BCUT2D eigenvalue weighted by Crippen LogP contribution is -1.83. The second-order valence-electron chi connectivity index (χ2n) is 2.11. The van der Waals surface area contributed by atoms with E-state index in [0.717, 1.165) is 12.1 Å². The molecule has 12 heavy (non-hydrogen) atoms. The van der Waals surface area contributed by atoms with Crippen molar-refractivity contribution in [2.45, 2.75) is 0 Å². The van der Waals surface area contributed by atoms with Crippen molar-refractivity contribution in [3.8, 4) is 0 Å². The monoisotopic (exact) mass is 176 g/mol. The van der Waals surface area contributed by atoms with Crippen molar-refractivity contribution in [3.63, 3.8) is 0 Å². The number of halogens is 4. The maximum atomic E-state index is 12.4. The number of rotatable bonds is 1. The van der Waals surface area contributed by atoms with E-state index in [1.165, 1.54) is 0 Å². The van der Waals surface area contributed by atoms with Crippen LogP contribution < -0.4 is 0 Å². The van der Waals surface area contributed by atoms with Crippen LogP contribution in [0.4, 0.5) is 17.6 Å². The van der Waals surface area contributed by atoms with E-state index in [1.807, 2.05) is 0 Å². The Balaban J connectivity index is 3.05. The quantitative estimate of drug-likeness (QED) is 0.576. The summed E-state index contributed by atoms with van der Waals surface area (Å²) < 4.78 is 47.8. The normalized spacial score (nSPS) is 9.67. The van der Waals surface area contributed by atoms with Crippen molar-refractivity contribution in [2.24, 2.45) is 0 Å². The van der Waals surface area contributed by atoms with Crippen LogP contribution >= 0.6 is 0 Å².